The second-order valence-electron chi connectivity index (χ2n) is 9.31. The molecule has 7 rings (SSSR count). The van der Waals surface area contributed by atoms with Crippen LogP contribution in [0.5, 0.6) is 0 Å². The molecule has 0 N–H and O–H groups in total. The van der Waals surface area contributed by atoms with Crippen LogP contribution in [-0.2, 0) is 5.41 Å². The van der Waals surface area contributed by atoms with Crippen molar-refractivity contribution < 1.29 is 0 Å². The van der Waals surface area contributed by atoms with Crippen molar-refractivity contribution in [2.24, 2.45) is 0 Å². The van der Waals surface area contributed by atoms with Crippen LogP contribution in [0.2, 0.25) is 0 Å². The summed E-state index contributed by atoms with van der Waals surface area (Å²) in [4.78, 5) is 4.82. The summed E-state index contributed by atoms with van der Waals surface area (Å²) < 4.78 is 0. The zero-order valence-electron chi connectivity index (χ0n) is 19.1. The minimum atomic E-state index is -0.433. The molecule has 0 amide bonds. The van der Waals surface area contributed by atoms with Crippen molar-refractivity contribution in [1.29, 1.82) is 0 Å². The number of fused-ring (bicyclic) bond motifs is 8. The van der Waals surface area contributed by atoms with E-state index in [-0.39, 0.29) is 0 Å². The van der Waals surface area contributed by atoms with E-state index < -0.39 is 5.41 Å². The number of anilines is 3. The van der Waals surface area contributed by atoms with Crippen LogP contribution >= 0.6 is 0 Å². The van der Waals surface area contributed by atoms with Crippen LogP contribution in [0.4, 0.5) is 17.1 Å². The van der Waals surface area contributed by atoms with E-state index in [2.05, 4.69) is 120 Å². The first-order valence-corrected chi connectivity index (χ1v) is 11.8. The molecule has 3 aliphatic rings. The van der Waals surface area contributed by atoms with E-state index in [1.807, 2.05) is 6.07 Å². The predicted molar refractivity (Wildman–Crippen MR) is 142 cm³/mol. The third-order valence-corrected chi connectivity index (χ3v) is 7.51. The molecular weight excluding hydrogens is 411 g/mol. The standard InChI is InChI=1S/C31H23BN2/c1-33-19-9-12-24-23-18-17-21(32)20-27(23)31(30(24)33)25-13-5-7-15-28(25)34(22-10-3-2-4-11-22)29-16-8-6-14-26(29)31/h2-18,20H,19H2,1H3. The Morgan fingerprint density at radius 2 is 1.38 bits per heavy atom. The molecule has 2 radical (unpaired) electrons. The van der Waals surface area contributed by atoms with E-state index in [4.69, 9.17) is 7.85 Å². The van der Waals surface area contributed by atoms with Gasteiger partial charge in [0.05, 0.1) is 16.8 Å². The number of likely N-dealkylation sites (N-methyl/N-ethyl adjacent to an activating group) is 1. The van der Waals surface area contributed by atoms with Crippen LogP contribution in [0.1, 0.15) is 22.3 Å². The Hall–Kier alpha value is -3.98. The van der Waals surface area contributed by atoms with Crippen molar-refractivity contribution in [2.75, 3.05) is 18.5 Å². The SMILES string of the molecule is [B]c1ccc2c(c1)C1(C3=C2C=CCN3C)c2ccccc2N(c2ccccc2)c2ccccc21. The molecule has 2 nitrogen and oxygen atoms in total. The van der Waals surface area contributed by atoms with Crippen LogP contribution in [0.15, 0.2) is 115 Å². The summed E-state index contributed by atoms with van der Waals surface area (Å²) in [6.07, 6.45) is 4.56. The Bertz CT molecular complexity index is 1470. The molecular formula is C31H23BN2. The van der Waals surface area contributed by atoms with Gasteiger partial charge in [0.25, 0.3) is 0 Å². The lowest BCUT2D eigenvalue weighted by atomic mass is 9.65. The maximum atomic E-state index is 6.44. The van der Waals surface area contributed by atoms with E-state index in [9.17, 15) is 0 Å². The number of nitrogens with zero attached hydrogens (tertiary/aromatic N) is 2. The van der Waals surface area contributed by atoms with Gasteiger partial charge in [-0.25, -0.2) is 0 Å². The van der Waals surface area contributed by atoms with Crippen molar-refractivity contribution in [3.8, 4) is 0 Å². The second-order valence-corrected chi connectivity index (χ2v) is 9.31. The monoisotopic (exact) mass is 434 g/mol. The van der Waals surface area contributed by atoms with Gasteiger partial charge < -0.3 is 9.80 Å². The highest BCUT2D eigenvalue weighted by molar-refractivity contribution is 6.32. The number of allylic oxidation sites excluding steroid dienone is 3. The molecule has 2 heterocycles. The predicted octanol–water partition coefficient (Wildman–Crippen LogP) is 5.82. The Morgan fingerprint density at radius 1 is 0.735 bits per heavy atom. The van der Waals surface area contributed by atoms with E-state index in [1.165, 1.54) is 44.9 Å². The van der Waals surface area contributed by atoms with Gasteiger partial charge in [-0.2, -0.15) is 0 Å². The van der Waals surface area contributed by atoms with Crippen molar-refractivity contribution in [2.45, 2.75) is 5.41 Å². The van der Waals surface area contributed by atoms with E-state index in [1.54, 1.807) is 0 Å². The Balaban J connectivity index is 1.66. The van der Waals surface area contributed by atoms with Gasteiger partial charge in [-0.05, 0) is 46.5 Å². The molecule has 1 spiro atoms. The molecule has 4 aromatic rings. The number of rotatable bonds is 1. The normalized spacial score (nSPS) is 16.9. The molecule has 0 unspecified atom stereocenters. The lowest BCUT2D eigenvalue weighted by Gasteiger charge is -2.47. The van der Waals surface area contributed by atoms with Gasteiger partial charge in [0.1, 0.15) is 7.85 Å². The Kier molecular flexibility index (Phi) is 4.02. The number of benzene rings is 4. The molecule has 0 fully saturated rings. The molecule has 0 aromatic heterocycles. The van der Waals surface area contributed by atoms with E-state index >= 15 is 0 Å². The summed E-state index contributed by atoms with van der Waals surface area (Å²) in [5.74, 6) is 0. The topological polar surface area (TPSA) is 6.48 Å². The van der Waals surface area contributed by atoms with Gasteiger partial charge in [-0.1, -0.05) is 90.4 Å². The van der Waals surface area contributed by atoms with Gasteiger partial charge in [0.2, 0.25) is 0 Å². The fraction of sp³-hybridized carbons (Fsp3) is 0.0968. The van der Waals surface area contributed by atoms with Crippen LogP contribution in [0.25, 0.3) is 5.57 Å². The molecule has 0 saturated heterocycles. The molecule has 4 aromatic carbocycles. The van der Waals surface area contributed by atoms with Gasteiger partial charge in [-0.3, -0.25) is 0 Å². The largest absolute Gasteiger partial charge is 0.372 e. The van der Waals surface area contributed by atoms with E-state index in [0.717, 1.165) is 17.7 Å². The smallest absolute Gasteiger partial charge is 0.113 e. The lowest BCUT2D eigenvalue weighted by Crippen LogP contribution is -2.42. The van der Waals surface area contributed by atoms with Crippen LogP contribution in [-0.4, -0.2) is 26.3 Å². The summed E-state index contributed by atoms with van der Waals surface area (Å²) in [7, 11) is 8.66. The minimum Gasteiger partial charge on any atom is -0.372 e. The first-order valence-electron chi connectivity index (χ1n) is 11.8. The summed E-state index contributed by atoms with van der Waals surface area (Å²) >= 11 is 0. The van der Waals surface area contributed by atoms with Gasteiger partial charge in [0.15, 0.2) is 0 Å². The fourth-order valence-corrected chi connectivity index (χ4v) is 6.29. The first kappa shape index (κ1) is 19.5. The highest BCUT2D eigenvalue weighted by Gasteiger charge is 2.54. The zero-order chi connectivity index (χ0) is 22.9. The van der Waals surface area contributed by atoms with Crippen LogP contribution in [0, 0.1) is 0 Å². The molecule has 2 aliphatic heterocycles. The van der Waals surface area contributed by atoms with Crippen molar-refractivity contribution >= 4 is 35.9 Å². The molecule has 3 heteroatoms. The van der Waals surface area contributed by atoms with Crippen molar-refractivity contribution in [3.05, 3.63) is 137 Å². The Morgan fingerprint density at radius 3 is 2.09 bits per heavy atom. The maximum Gasteiger partial charge on any atom is 0.113 e. The first-order chi connectivity index (χ1) is 16.7. The average molecular weight is 434 g/mol. The maximum absolute atomic E-state index is 6.44. The summed E-state index contributed by atoms with van der Waals surface area (Å²) in [6.45, 7) is 0.886. The molecule has 0 atom stereocenters. The molecule has 1 aliphatic carbocycles. The fourth-order valence-electron chi connectivity index (χ4n) is 6.29. The molecule has 160 valence electrons. The highest BCUT2D eigenvalue weighted by atomic mass is 15.2. The number of hydrogen-bond acceptors (Lipinski definition) is 2. The van der Waals surface area contributed by atoms with E-state index in [0.29, 0.717) is 0 Å². The van der Waals surface area contributed by atoms with Crippen molar-refractivity contribution in [3.63, 3.8) is 0 Å². The number of hydrogen-bond donors (Lipinski definition) is 0. The second kappa shape index (κ2) is 7.01. The molecule has 34 heavy (non-hydrogen) atoms. The van der Waals surface area contributed by atoms with Crippen LogP contribution < -0.4 is 10.4 Å². The zero-order valence-corrected chi connectivity index (χ0v) is 19.1. The lowest BCUT2D eigenvalue weighted by molar-refractivity contribution is 0.408. The third kappa shape index (κ3) is 2.37. The highest BCUT2D eigenvalue weighted by Crippen LogP contribution is 2.63. The van der Waals surface area contributed by atoms with Crippen molar-refractivity contribution in [1.82, 2.24) is 4.90 Å². The summed E-state index contributed by atoms with van der Waals surface area (Å²) in [5.41, 5.74) is 11.7. The third-order valence-electron chi connectivity index (χ3n) is 7.51. The van der Waals surface area contributed by atoms with Crippen LogP contribution in [0.3, 0.4) is 0 Å². The minimum absolute atomic E-state index is 0.433. The summed E-state index contributed by atoms with van der Waals surface area (Å²) in [5, 5.41) is 0. The van der Waals surface area contributed by atoms with Gasteiger partial charge in [0, 0.05) is 30.5 Å². The Labute approximate surface area is 201 Å². The van der Waals surface area contributed by atoms with Gasteiger partial charge >= 0.3 is 0 Å². The van der Waals surface area contributed by atoms with Gasteiger partial charge in [-0.15, -0.1) is 0 Å². The molecule has 0 saturated carbocycles. The average Bonchev–Trinajstić information content (AvgIpc) is 3.16. The number of para-hydroxylation sites is 3. The quantitative estimate of drug-likeness (QED) is 0.348. The molecule has 0 bridgehead atoms. The summed E-state index contributed by atoms with van der Waals surface area (Å²) in [6, 6.07) is 34.8.